The van der Waals surface area contributed by atoms with Crippen LogP contribution in [0.15, 0.2) is 0 Å². The molecule has 82 valence electrons. The normalized spacial score (nSPS) is 16.8. The quantitative estimate of drug-likeness (QED) is 0.447. The Hall–Kier alpha value is 1.73. The second-order valence-electron chi connectivity index (χ2n) is 1.92. The molecular weight excluding hydrogens is 486 g/mol. The molecule has 12 radical (unpaired) electrons. The van der Waals surface area contributed by atoms with Gasteiger partial charge in [-0.15, -0.1) is 0 Å². The van der Waals surface area contributed by atoms with Crippen LogP contribution in [-0.4, -0.2) is 32.0 Å². The van der Waals surface area contributed by atoms with Gasteiger partial charge in [0.25, 0.3) is 0 Å². The Bertz CT molecular complexity index is 46.8. The van der Waals surface area contributed by atoms with E-state index in [0.29, 0.717) is 0 Å². The van der Waals surface area contributed by atoms with Gasteiger partial charge in [-0.25, -0.2) is 0 Å². The largest absolute Gasteiger partial charge is 0.0312 e. The molecule has 3 heteroatoms. The zero-order chi connectivity index (χ0) is 11.1. The van der Waals surface area contributed by atoms with E-state index >= 15 is 0 Å². The molecule has 0 aliphatic heterocycles. The summed E-state index contributed by atoms with van der Waals surface area (Å²) in [5, 5.41) is 0. The van der Waals surface area contributed by atoms with Gasteiger partial charge in [-0.3, -0.25) is 0 Å². The van der Waals surface area contributed by atoms with E-state index in [2.05, 4.69) is 32.0 Å². The van der Waals surface area contributed by atoms with Crippen molar-refractivity contribution < 1.29 is 21.1 Å². The zero-order valence-corrected chi connectivity index (χ0v) is 15.4. The average Bonchev–Trinajstić information content (AvgIpc) is 3.01. The van der Waals surface area contributed by atoms with E-state index in [1.807, 2.05) is 75.9 Å². The zero-order valence-electron chi connectivity index (χ0n) is 9.00. The van der Waals surface area contributed by atoms with Crippen molar-refractivity contribution in [2.24, 2.45) is 0 Å². The minimum atomic E-state index is 0. The molecule has 0 aromatic rings. The Morgan fingerprint density at radius 3 is 0.533 bits per heavy atom. The van der Waals surface area contributed by atoms with Gasteiger partial charge in [0.05, 0.1) is 0 Å². The third-order valence-corrected chi connectivity index (χ3v) is 1.11. The second-order valence-corrected chi connectivity index (χ2v) is 1.92. The van der Waals surface area contributed by atoms with E-state index in [-0.39, 0.29) is 21.1 Å². The van der Waals surface area contributed by atoms with Gasteiger partial charge in [-0.2, -0.15) is 0 Å². The van der Waals surface area contributed by atoms with E-state index in [0.717, 1.165) is 0 Å². The molecule has 0 N–H and O–H groups in total. The van der Waals surface area contributed by atoms with Gasteiger partial charge in [0.1, 0.15) is 0 Å². The van der Waals surface area contributed by atoms with Crippen LogP contribution >= 0.6 is 0 Å². The molecule has 0 saturated heterocycles. The molecule has 0 amide bonds. The topological polar surface area (TPSA) is 0 Å². The van der Waals surface area contributed by atoms with Gasteiger partial charge < -0.3 is 0 Å². The van der Waals surface area contributed by atoms with Gasteiger partial charge in [0.15, 0.2) is 0 Å². The molecule has 2 aliphatic carbocycles. The molecule has 0 atom stereocenters. The first-order chi connectivity index (χ1) is 7.00. The van der Waals surface area contributed by atoms with Gasteiger partial charge in [0.2, 0.25) is 0 Å². The maximum atomic E-state index is 2.62. The maximum absolute atomic E-state index is 2.62. The Labute approximate surface area is 128 Å². The van der Waals surface area contributed by atoms with E-state index in [4.69, 9.17) is 0 Å². The predicted octanol–water partition coefficient (Wildman–Crippen LogP) is 2.45. The van der Waals surface area contributed by atoms with Crippen molar-refractivity contribution in [1.29, 1.82) is 0 Å². The molecule has 0 spiro atoms. The Morgan fingerprint density at radius 1 is 0.400 bits per heavy atom. The van der Waals surface area contributed by atoms with Crippen LogP contribution in [-0.2, 0) is 21.1 Å². The molecule has 2 fully saturated rings. The van der Waals surface area contributed by atoms with Crippen molar-refractivity contribution >= 4 is 32.0 Å². The summed E-state index contributed by atoms with van der Waals surface area (Å²) < 4.78 is 0. The van der Waals surface area contributed by atoms with Gasteiger partial charge in [-0.05, 0) is 64.2 Å². The van der Waals surface area contributed by atoms with Crippen LogP contribution in [0.2, 0.25) is 11.6 Å². The fourth-order valence-electron chi connectivity index (χ4n) is 0.642. The molecule has 2 rings (SSSR count). The fourth-order valence-corrected chi connectivity index (χ4v) is 0.642. The molecule has 15 heavy (non-hydrogen) atoms. The minimum Gasteiger partial charge on any atom is -0.0312 e. The fraction of sp³-hybridized carbons (Fsp3) is 0.167. The summed E-state index contributed by atoms with van der Waals surface area (Å²) in [6.45, 7) is 0. The van der Waals surface area contributed by atoms with Crippen molar-refractivity contribution in [2.75, 3.05) is 0 Å². The molecule has 0 unspecified atom stereocenters. The minimum absolute atomic E-state index is 0. The number of hydrogen-bond acceptors (Lipinski definition) is 0. The van der Waals surface area contributed by atoms with Crippen molar-refractivity contribution in [2.45, 2.75) is 11.6 Å². The van der Waals surface area contributed by atoms with Crippen LogP contribution < -0.4 is 0 Å². The van der Waals surface area contributed by atoms with Crippen LogP contribution in [0.1, 0.15) is 0 Å². The second kappa shape index (κ2) is 24.8. The molecule has 0 bridgehead atoms. The van der Waals surface area contributed by atoms with E-state index in [1.54, 1.807) is 0 Å². The predicted molar refractivity (Wildman–Crippen MR) is 66.2 cm³/mol. The van der Waals surface area contributed by atoms with Crippen LogP contribution in [0, 0.1) is 64.2 Å². The smallest absolute Gasteiger partial charge is 0 e. The molecule has 2 saturated carbocycles. The number of rotatable bonds is 0. The summed E-state index contributed by atoms with van der Waals surface area (Å²) in [5.41, 5.74) is 0. The van der Waals surface area contributed by atoms with Crippen molar-refractivity contribution in [1.82, 2.24) is 0 Å². The summed E-state index contributed by atoms with van der Waals surface area (Å²) in [7, 11) is 0. The monoisotopic (exact) mass is 504 g/mol. The molecule has 0 aromatic heterocycles. The molecule has 0 heterocycles. The molecule has 2 aliphatic rings. The van der Waals surface area contributed by atoms with E-state index in [9.17, 15) is 0 Å². The summed E-state index contributed by atoms with van der Waals surface area (Å²) in [6, 6.07) is 0. The summed E-state index contributed by atoms with van der Waals surface area (Å²) in [6.07, 6.45) is 20.0. The van der Waals surface area contributed by atoms with Crippen molar-refractivity contribution in [3.05, 3.63) is 64.2 Å². The molecular formula is C12H16Se2W. The van der Waals surface area contributed by atoms with Crippen LogP contribution in [0.25, 0.3) is 0 Å². The van der Waals surface area contributed by atoms with Gasteiger partial charge >= 0.3 is 43.7 Å². The molecule has 0 aromatic carbocycles. The Kier molecular flexibility index (Phi) is 36.3. The SMILES string of the molecule is C[Se].C[Se].[CH]1[CH][CH][CH][CH]1.[CH]1[CH][CH][CH][CH]1.[W]. The van der Waals surface area contributed by atoms with Gasteiger partial charge in [0, 0.05) is 21.1 Å². The summed E-state index contributed by atoms with van der Waals surface area (Å²) in [4.78, 5) is 0. The van der Waals surface area contributed by atoms with Gasteiger partial charge in [-0.1, -0.05) is 0 Å². The first kappa shape index (κ1) is 22.0. The Balaban J connectivity index is -0.000000138. The van der Waals surface area contributed by atoms with Crippen molar-refractivity contribution in [3.8, 4) is 0 Å². The maximum Gasteiger partial charge on any atom is 0 e. The van der Waals surface area contributed by atoms with Crippen LogP contribution in [0.4, 0.5) is 0 Å². The third-order valence-electron chi connectivity index (χ3n) is 1.11. The summed E-state index contributed by atoms with van der Waals surface area (Å²) in [5.74, 6) is 3.75. The first-order valence-electron chi connectivity index (χ1n) is 4.15. The van der Waals surface area contributed by atoms with Crippen LogP contribution in [0.3, 0.4) is 0 Å². The first-order valence-corrected chi connectivity index (χ1v) is 7.58. The van der Waals surface area contributed by atoms with E-state index < -0.39 is 0 Å². The summed E-state index contributed by atoms with van der Waals surface area (Å²) >= 11 is 5.25. The Morgan fingerprint density at radius 2 is 0.467 bits per heavy atom. The third kappa shape index (κ3) is 21.5. The average molecular weight is 502 g/mol. The number of hydrogen-bond donors (Lipinski definition) is 0. The van der Waals surface area contributed by atoms with Crippen molar-refractivity contribution in [3.63, 3.8) is 0 Å². The van der Waals surface area contributed by atoms with E-state index in [1.165, 1.54) is 0 Å². The van der Waals surface area contributed by atoms with Crippen LogP contribution in [0.5, 0.6) is 0 Å². The molecule has 0 nitrogen and oxygen atoms in total. The standard InChI is InChI=1S/2C5H5.2CH3Se.W/c2*1-2-4-5-3-1;2*1-2;/h2*1-5H;2*1H3;.